The van der Waals surface area contributed by atoms with Gasteiger partial charge in [0.1, 0.15) is 0 Å². The maximum absolute atomic E-state index is 12.5. The molecule has 1 N–H and O–H groups in total. The van der Waals surface area contributed by atoms with Crippen molar-refractivity contribution in [3.05, 3.63) is 69.9 Å². The van der Waals surface area contributed by atoms with E-state index < -0.39 is 0 Å². The average molecular weight is 322 g/mol. The molecule has 3 aromatic rings. The Morgan fingerprint density at radius 1 is 1.33 bits per heavy atom. The zero-order valence-corrected chi connectivity index (χ0v) is 13.4. The second kappa shape index (κ2) is 5.63. The number of carbonyl (C=O) groups is 1. The van der Waals surface area contributed by atoms with Crippen LogP contribution in [0.1, 0.15) is 28.0 Å². The van der Waals surface area contributed by atoms with Crippen molar-refractivity contribution in [3.8, 4) is 0 Å². The normalized spacial score (nSPS) is 16.8. The monoisotopic (exact) mass is 322 g/mol. The molecule has 0 fully saturated rings. The number of hydrogen-bond donors (Lipinski definition) is 1. The van der Waals surface area contributed by atoms with Gasteiger partial charge in [0, 0.05) is 37.1 Å². The van der Waals surface area contributed by atoms with Gasteiger partial charge >= 0.3 is 0 Å². The van der Waals surface area contributed by atoms with Gasteiger partial charge < -0.3 is 9.72 Å². The number of fused-ring (bicyclic) bond motifs is 2. The van der Waals surface area contributed by atoms with E-state index >= 15 is 0 Å². The predicted octanol–water partition coefficient (Wildman–Crippen LogP) is 1.32. The molecule has 6 nitrogen and oxygen atoms in total. The zero-order valence-electron chi connectivity index (χ0n) is 13.4. The molecule has 122 valence electrons. The van der Waals surface area contributed by atoms with Gasteiger partial charge in [0.15, 0.2) is 0 Å². The highest BCUT2D eigenvalue weighted by atomic mass is 16.1. The molecule has 0 aliphatic heterocycles. The summed E-state index contributed by atoms with van der Waals surface area (Å²) >= 11 is 0. The maximum atomic E-state index is 12.5. The van der Waals surface area contributed by atoms with E-state index in [0.717, 1.165) is 29.6 Å². The molecule has 3 heterocycles. The van der Waals surface area contributed by atoms with Gasteiger partial charge in [-0.15, -0.1) is 0 Å². The van der Waals surface area contributed by atoms with Crippen molar-refractivity contribution in [2.45, 2.75) is 25.3 Å². The molecule has 6 heteroatoms. The fourth-order valence-corrected chi connectivity index (χ4v) is 3.26. The molecule has 0 bridgehead atoms. The average Bonchev–Trinajstić information content (AvgIpc) is 3.00. The third-order valence-electron chi connectivity index (χ3n) is 4.56. The Morgan fingerprint density at radius 3 is 3.04 bits per heavy atom. The lowest BCUT2D eigenvalue weighted by molar-refractivity contribution is 0.0933. The lowest BCUT2D eigenvalue weighted by Crippen LogP contribution is -2.40. The fourth-order valence-electron chi connectivity index (χ4n) is 3.26. The van der Waals surface area contributed by atoms with Gasteiger partial charge in [-0.2, -0.15) is 5.10 Å². The summed E-state index contributed by atoms with van der Waals surface area (Å²) in [5.74, 6) is -0.0797. The lowest BCUT2D eigenvalue weighted by atomic mass is 9.92. The van der Waals surface area contributed by atoms with Crippen molar-refractivity contribution in [1.29, 1.82) is 0 Å². The van der Waals surface area contributed by atoms with Crippen LogP contribution in [-0.4, -0.2) is 26.1 Å². The zero-order chi connectivity index (χ0) is 16.7. The van der Waals surface area contributed by atoms with E-state index in [-0.39, 0.29) is 17.5 Å². The van der Waals surface area contributed by atoms with Gasteiger partial charge in [-0.25, -0.2) is 4.68 Å². The Labute approximate surface area is 138 Å². The number of aryl methyl sites for hydroxylation is 2. The molecular weight excluding hydrogens is 304 g/mol. The SMILES string of the molecule is Cn1nc2c(cc1=O)CC(NC(=O)c1cc3ccccn3c1)CC2. The number of pyridine rings is 1. The molecule has 0 spiro atoms. The van der Waals surface area contributed by atoms with Gasteiger partial charge in [-0.3, -0.25) is 9.59 Å². The first kappa shape index (κ1) is 14.7. The van der Waals surface area contributed by atoms with Gasteiger partial charge in [0.05, 0.1) is 11.3 Å². The van der Waals surface area contributed by atoms with Crippen LogP contribution in [0.15, 0.2) is 47.5 Å². The maximum Gasteiger partial charge on any atom is 0.266 e. The molecule has 1 atom stereocenters. The van der Waals surface area contributed by atoms with E-state index in [1.54, 1.807) is 13.1 Å². The Bertz CT molecular complexity index is 953. The molecular formula is C18H18N4O2. The van der Waals surface area contributed by atoms with Crippen molar-refractivity contribution in [3.63, 3.8) is 0 Å². The van der Waals surface area contributed by atoms with Crippen molar-refractivity contribution >= 4 is 11.4 Å². The quantitative estimate of drug-likeness (QED) is 0.774. The van der Waals surface area contributed by atoms with Crippen LogP contribution in [0.5, 0.6) is 0 Å². The number of aromatic nitrogens is 3. The van der Waals surface area contributed by atoms with Crippen molar-refractivity contribution < 1.29 is 4.79 Å². The van der Waals surface area contributed by atoms with E-state index in [1.165, 1.54) is 4.68 Å². The van der Waals surface area contributed by atoms with Crippen LogP contribution >= 0.6 is 0 Å². The summed E-state index contributed by atoms with van der Waals surface area (Å²) in [5, 5.41) is 7.38. The van der Waals surface area contributed by atoms with Crippen LogP contribution in [0.25, 0.3) is 5.52 Å². The highest BCUT2D eigenvalue weighted by molar-refractivity contribution is 5.95. The summed E-state index contributed by atoms with van der Waals surface area (Å²) in [6, 6.07) is 9.39. The van der Waals surface area contributed by atoms with E-state index in [4.69, 9.17) is 0 Å². The molecule has 0 radical (unpaired) electrons. The van der Waals surface area contributed by atoms with Crippen LogP contribution < -0.4 is 10.9 Å². The standard InChI is InChI=1S/C18H18N4O2/c1-21-17(23)10-12-8-14(5-6-16(12)20-21)19-18(24)13-9-15-4-2-3-7-22(15)11-13/h2-4,7,9-11,14H,5-6,8H2,1H3,(H,19,24). The molecule has 0 saturated carbocycles. The van der Waals surface area contributed by atoms with Gasteiger partial charge in [0.2, 0.25) is 0 Å². The summed E-state index contributed by atoms with van der Waals surface area (Å²) < 4.78 is 3.29. The molecule has 1 aliphatic carbocycles. The summed E-state index contributed by atoms with van der Waals surface area (Å²) in [6.45, 7) is 0. The Hall–Kier alpha value is -2.89. The second-order valence-electron chi connectivity index (χ2n) is 6.25. The number of rotatable bonds is 2. The van der Waals surface area contributed by atoms with Crippen LogP contribution in [0, 0.1) is 0 Å². The highest BCUT2D eigenvalue weighted by Gasteiger charge is 2.23. The largest absolute Gasteiger partial charge is 0.349 e. The minimum Gasteiger partial charge on any atom is -0.349 e. The van der Waals surface area contributed by atoms with Crippen LogP contribution in [0.3, 0.4) is 0 Å². The van der Waals surface area contributed by atoms with Crippen molar-refractivity contribution in [1.82, 2.24) is 19.5 Å². The Morgan fingerprint density at radius 2 is 2.21 bits per heavy atom. The van der Waals surface area contributed by atoms with Crippen LogP contribution in [0.2, 0.25) is 0 Å². The first-order valence-electron chi connectivity index (χ1n) is 8.04. The van der Waals surface area contributed by atoms with Crippen molar-refractivity contribution in [2.24, 2.45) is 7.05 Å². The summed E-state index contributed by atoms with van der Waals surface area (Å²) in [7, 11) is 1.66. The minimum atomic E-state index is -0.112. The second-order valence-corrected chi connectivity index (χ2v) is 6.25. The van der Waals surface area contributed by atoms with Crippen LogP contribution in [-0.2, 0) is 19.9 Å². The lowest BCUT2D eigenvalue weighted by Gasteiger charge is -2.24. The van der Waals surface area contributed by atoms with E-state index in [2.05, 4.69) is 10.4 Å². The number of hydrogen-bond acceptors (Lipinski definition) is 3. The summed E-state index contributed by atoms with van der Waals surface area (Å²) in [5.41, 5.74) is 3.42. The van der Waals surface area contributed by atoms with Gasteiger partial charge in [-0.1, -0.05) is 6.07 Å². The number of amides is 1. The first-order valence-corrected chi connectivity index (χ1v) is 8.04. The molecule has 1 amide bonds. The minimum absolute atomic E-state index is 0.0296. The molecule has 1 aliphatic rings. The summed E-state index contributed by atoms with van der Waals surface area (Å²) in [6.07, 6.45) is 6.00. The predicted molar refractivity (Wildman–Crippen MR) is 90.2 cm³/mol. The number of carbonyl (C=O) groups excluding carboxylic acids is 1. The molecule has 0 saturated heterocycles. The highest BCUT2D eigenvalue weighted by Crippen LogP contribution is 2.18. The Kier molecular flexibility index (Phi) is 3.45. The van der Waals surface area contributed by atoms with E-state index in [0.29, 0.717) is 12.0 Å². The van der Waals surface area contributed by atoms with Gasteiger partial charge in [-0.05, 0) is 43.0 Å². The molecule has 24 heavy (non-hydrogen) atoms. The van der Waals surface area contributed by atoms with E-state index in [9.17, 15) is 9.59 Å². The van der Waals surface area contributed by atoms with E-state index in [1.807, 2.05) is 41.1 Å². The number of nitrogens with one attached hydrogen (secondary N) is 1. The smallest absolute Gasteiger partial charge is 0.266 e. The third kappa shape index (κ3) is 2.60. The molecule has 1 unspecified atom stereocenters. The molecule has 3 aromatic heterocycles. The van der Waals surface area contributed by atoms with Crippen molar-refractivity contribution in [2.75, 3.05) is 0 Å². The third-order valence-corrected chi connectivity index (χ3v) is 4.56. The molecule has 4 rings (SSSR count). The summed E-state index contributed by atoms with van der Waals surface area (Å²) in [4.78, 5) is 24.3. The van der Waals surface area contributed by atoms with Gasteiger partial charge in [0.25, 0.3) is 11.5 Å². The topological polar surface area (TPSA) is 68.4 Å². The fraction of sp³-hybridized carbons (Fsp3) is 0.278. The first-order chi connectivity index (χ1) is 11.6. The molecule has 0 aromatic carbocycles. The number of nitrogens with zero attached hydrogens (tertiary/aromatic N) is 3. The van der Waals surface area contributed by atoms with Crippen LogP contribution in [0.4, 0.5) is 0 Å². The Balaban J connectivity index is 1.52.